The smallest absolute Gasteiger partial charge is 0.222 e. The lowest BCUT2D eigenvalue weighted by atomic mass is 10.0. The molecule has 0 aromatic carbocycles. The highest BCUT2D eigenvalue weighted by Crippen LogP contribution is 2.18. The molecule has 0 saturated carbocycles. The largest absolute Gasteiger partial charge is 0.341 e. The van der Waals surface area contributed by atoms with Gasteiger partial charge in [0.15, 0.2) is 0 Å². The molecule has 98 valence electrons. The molecular formula is C13H25N3O. The van der Waals surface area contributed by atoms with Crippen LogP contribution in [0.25, 0.3) is 0 Å². The number of nitrogens with zero attached hydrogens (tertiary/aromatic N) is 2. The molecule has 2 saturated heterocycles. The van der Waals surface area contributed by atoms with Gasteiger partial charge >= 0.3 is 0 Å². The number of amides is 1. The fraction of sp³-hybridized carbons (Fsp3) is 0.923. The highest BCUT2D eigenvalue weighted by molar-refractivity contribution is 5.76. The number of piperidine rings is 1. The van der Waals surface area contributed by atoms with Crippen molar-refractivity contribution >= 4 is 5.91 Å². The summed E-state index contributed by atoms with van der Waals surface area (Å²) in [6.45, 7) is 4.30. The van der Waals surface area contributed by atoms with E-state index in [-0.39, 0.29) is 0 Å². The van der Waals surface area contributed by atoms with Crippen LogP contribution in [0.5, 0.6) is 0 Å². The summed E-state index contributed by atoms with van der Waals surface area (Å²) in [6.07, 6.45) is 4.26. The SMILES string of the molecule is CN1CCCC(N(C)C(=O)CC2CCNC2)C1. The monoisotopic (exact) mass is 239 g/mol. The van der Waals surface area contributed by atoms with Crippen LogP contribution in [0.15, 0.2) is 0 Å². The van der Waals surface area contributed by atoms with Gasteiger partial charge in [-0.3, -0.25) is 4.79 Å². The maximum atomic E-state index is 12.2. The summed E-state index contributed by atoms with van der Waals surface area (Å²) in [6, 6.07) is 0.426. The van der Waals surface area contributed by atoms with Crippen molar-refractivity contribution in [2.75, 3.05) is 40.3 Å². The van der Waals surface area contributed by atoms with Gasteiger partial charge in [-0.2, -0.15) is 0 Å². The summed E-state index contributed by atoms with van der Waals surface area (Å²) in [4.78, 5) is 16.5. The number of hydrogen-bond donors (Lipinski definition) is 1. The van der Waals surface area contributed by atoms with Crippen LogP contribution in [-0.2, 0) is 4.79 Å². The fourth-order valence-electron chi connectivity index (χ4n) is 2.94. The highest BCUT2D eigenvalue weighted by atomic mass is 16.2. The second-order valence-electron chi connectivity index (χ2n) is 5.63. The molecule has 0 aromatic rings. The molecule has 1 amide bonds. The molecule has 4 heteroatoms. The van der Waals surface area contributed by atoms with Gasteiger partial charge < -0.3 is 15.1 Å². The van der Waals surface area contributed by atoms with Crippen molar-refractivity contribution in [1.82, 2.24) is 15.1 Å². The summed E-state index contributed by atoms with van der Waals surface area (Å²) in [7, 11) is 4.12. The molecule has 2 aliphatic heterocycles. The lowest BCUT2D eigenvalue weighted by molar-refractivity contribution is -0.133. The van der Waals surface area contributed by atoms with E-state index in [1.54, 1.807) is 0 Å². The minimum absolute atomic E-state index is 0.332. The van der Waals surface area contributed by atoms with Gasteiger partial charge in [0.2, 0.25) is 5.91 Å². The van der Waals surface area contributed by atoms with Crippen LogP contribution in [0.2, 0.25) is 0 Å². The molecule has 2 heterocycles. The molecule has 0 aromatic heterocycles. The zero-order valence-corrected chi connectivity index (χ0v) is 11.1. The number of rotatable bonds is 3. The molecule has 0 radical (unpaired) electrons. The van der Waals surface area contributed by atoms with Gasteiger partial charge in [-0.15, -0.1) is 0 Å². The first-order valence-electron chi connectivity index (χ1n) is 6.81. The molecule has 2 atom stereocenters. The second-order valence-corrected chi connectivity index (χ2v) is 5.63. The average molecular weight is 239 g/mol. The molecule has 0 spiro atoms. The maximum Gasteiger partial charge on any atom is 0.222 e. The Hall–Kier alpha value is -0.610. The predicted octanol–water partition coefficient (Wildman–Crippen LogP) is 0.539. The third-order valence-electron chi connectivity index (χ3n) is 4.17. The van der Waals surface area contributed by atoms with E-state index in [1.807, 2.05) is 11.9 Å². The number of carbonyl (C=O) groups is 1. The Labute approximate surface area is 104 Å². The quantitative estimate of drug-likeness (QED) is 0.781. The Morgan fingerprint density at radius 2 is 2.29 bits per heavy atom. The van der Waals surface area contributed by atoms with Crippen molar-refractivity contribution < 1.29 is 4.79 Å². The van der Waals surface area contributed by atoms with Gasteiger partial charge in [0, 0.05) is 26.1 Å². The number of carbonyl (C=O) groups excluding carboxylic acids is 1. The molecular weight excluding hydrogens is 214 g/mol. The average Bonchev–Trinajstić information content (AvgIpc) is 2.80. The van der Waals surface area contributed by atoms with Gasteiger partial charge in [-0.05, 0) is 51.9 Å². The summed E-state index contributed by atoms with van der Waals surface area (Å²) in [5.74, 6) is 0.894. The first-order chi connectivity index (χ1) is 8.16. The zero-order valence-electron chi connectivity index (χ0n) is 11.1. The zero-order chi connectivity index (χ0) is 12.3. The normalized spacial score (nSPS) is 30.5. The molecule has 0 aliphatic carbocycles. The predicted molar refractivity (Wildman–Crippen MR) is 68.9 cm³/mol. The molecule has 2 unspecified atom stereocenters. The maximum absolute atomic E-state index is 12.2. The molecule has 0 bridgehead atoms. The summed E-state index contributed by atoms with van der Waals surface area (Å²) in [5, 5.41) is 3.32. The number of likely N-dealkylation sites (N-methyl/N-ethyl adjacent to an activating group) is 2. The van der Waals surface area contributed by atoms with Gasteiger partial charge in [-0.25, -0.2) is 0 Å². The van der Waals surface area contributed by atoms with Gasteiger partial charge in [-0.1, -0.05) is 0 Å². The van der Waals surface area contributed by atoms with Crippen LogP contribution in [0.4, 0.5) is 0 Å². The summed E-state index contributed by atoms with van der Waals surface area (Å²) in [5.41, 5.74) is 0. The van der Waals surface area contributed by atoms with E-state index in [0.29, 0.717) is 17.9 Å². The molecule has 17 heavy (non-hydrogen) atoms. The number of hydrogen-bond acceptors (Lipinski definition) is 3. The van der Waals surface area contributed by atoms with E-state index in [0.717, 1.165) is 38.9 Å². The van der Waals surface area contributed by atoms with Gasteiger partial charge in [0.1, 0.15) is 0 Å². The van der Waals surface area contributed by atoms with Crippen molar-refractivity contribution in [2.24, 2.45) is 5.92 Å². The Morgan fingerprint density at radius 1 is 1.47 bits per heavy atom. The lowest BCUT2D eigenvalue weighted by Gasteiger charge is -2.36. The van der Waals surface area contributed by atoms with Gasteiger partial charge in [0.05, 0.1) is 0 Å². The second kappa shape index (κ2) is 5.83. The van der Waals surface area contributed by atoms with Crippen molar-refractivity contribution in [2.45, 2.75) is 31.7 Å². The standard InChI is InChI=1S/C13H25N3O/c1-15-7-3-4-12(10-15)16(2)13(17)8-11-5-6-14-9-11/h11-12,14H,3-10H2,1-2H3. The first-order valence-corrected chi connectivity index (χ1v) is 6.81. The van der Waals surface area contributed by atoms with Crippen LogP contribution in [0, 0.1) is 5.92 Å². The van der Waals surface area contributed by atoms with Crippen molar-refractivity contribution in [3.63, 3.8) is 0 Å². The fourth-order valence-corrected chi connectivity index (χ4v) is 2.94. The van der Waals surface area contributed by atoms with Crippen molar-refractivity contribution in [3.05, 3.63) is 0 Å². The van der Waals surface area contributed by atoms with Crippen LogP contribution in [-0.4, -0.2) is 62.0 Å². The van der Waals surface area contributed by atoms with Crippen LogP contribution < -0.4 is 5.32 Å². The summed E-state index contributed by atoms with van der Waals surface area (Å²) >= 11 is 0. The van der Waals surface area contributed by atoms with Crippen molar-refractivity contribution in [3.8, 4) is 0 Å². The summed E-state index contributed by atoms with van der Waals surface area (Å²) < 4.78 is 0. The third kappa shape index (κ3) is 3.42. The van der Waals surface area contributed by atoms with Gasteiger partial charge in [0.25, 0.3) is 0 Å². The number of likely N-dealkylation sites (tertiary alicyclic amines) is 1. The van der Waals surface area contributed by atoms with E-state index in [4.69, 9.17) is 0 Å². The lowest BCUT2D eigenvalue weighted by Crippen LogP contribution is -2.47. The Bertz CT molecular complexity index is 263. The Morgan fingerprint density at radius 3 is 2.94 bits per heavy atom. The molecule has 2 aliphatic rings. The van der Waals surface area contributed by atoms with E-state index in [9.17, 15) is 4.79 Å². The van der Waals surface area contributed by atoms with E-state index < -0.39 is 0 Å². The molecule has 2 fully saturated rings. The van der Waals surface area contributed by atoms with Crippen LogP contribution in [0.3, 0.4) is 0 Å². The molecule has 2 rings (SSSR count). The topological polar surface area (TPSA) is 35.6 Å². The van der Waals surface area contributed by atoms with E-state index in [1.165, 1.54) is 13.0 Å². The molecule has 1 N–H and O–H groups in total. The van der Waals surface area contributed by atoms with E-state index in [2.05, 4.69) is 17.3 Å². The first kappa shape index (κ1) is 12.8. The third-order valence-corrected chi connectivity index (χ3v) is 4.17. The van der Waals surface area contributed by atoms with Crippen LogP contribution >= 0.6 is 0 Å². The highest BCUT2D eigenvalue weighted by Gasteiger charge is 2.26. The number of nitrogens with one attached hydrogen (secondary N) is 1. The molecule has 4 nitrogen and oxygen atoms in total. The van der Waals surface area contributed by atoms with Crippen molar-refractivity contribution in [1.29, 1.82) is 0 Å². The van der Waals surface area contributed by atoms with E-state index >= 15 is 0 Å². The van der Waals surface area contributed by atoms with Crippen LogP contribution in [0.1, 0.15) is 25.7 Å². The minimum Gasteiger partial charge on any atom is -0.341 e. The Kier molecular flexibility index (Phi) is 4.40. The Balaban J connectivity index is 1.80. The minimum atomic E-state index is 0.332.